The Morgan fingerprint density at radius 3 is 2.58 bits per heavy atom. The van der Waals surface area contributed by atoms with Gasteiger partial charge in [-0.15, -0.1) is 0 Å². The van der Waals surface area contributed by atoms with Crippen LogP contribution in [0.4, 0.5) is 14.5 Å². The predicted octanol–water partition coefficient (Wildman–Crippen LogP) is 4.38. The molecule has 24 heavy (non-hydrogen) atoms. The molecule has 0 unspecified atom stereocenters. The van der Waals surface area contributed by atoms with Gasteiger partial charge in [-0.25, -0.2) is 8.78 Å². The number of rotatable bonds is 3. The van der Waals surface area contributed by atoms with Gasteiger partial charge in [0.05, 0.1) is 12.7 Å². The topological polar surface area (TPSA) is 42.2 Å². The van der Waals surface area contributed by atoms with Crippen molar-refractivity contribution < 1.29 is 18.0 Å². The highest BCUT2D eigenvalue weighted by molar-refractivity contribution is 5.95. The molecule has 1 N–H and O–H groups in total. The van der Waals surface area contributed by atoms with Crippen molar-refractivity contribution in [1.29, 1.82) is 0 Å². The van der Waals surface area contributed by atoms with Crippen LogP contribution in [0.5, 0.6) is 0 Å². The molecule has 3 aromatic rings. The maximum Gasteiger partial charge on any atom is 0.229 e. The number of nitrogens with one attached hydrogen (secondary N) is 1. The van der Waals surface area contributed by atoms with E-state index in [9.17, 15) is 13.6 Å². The molecule has 1 aliphatic rings. The molecule has 1 aliphatic carbocycles. The number of amides is 1. The predicted molar refractivity (Wildman–Crippen MR) is 86.9 cm³/mol. The first-order valence-corrected chi connectivity index (χ1v) is 7.87. The average Bonchev–Trinajstić information content (AvgIpc) is 3.16. The van der Waals surface area contributed by atoms with Crippen LogP contribution < -0.4 is 5.32 Å². The molecule has 1 heterocycles. The fourth-order valence-corrected chi connectivity index (χ4v) is 3.26. The molecule has 0 fully saturated rings. The second-order valence-corrected chi connectivity index (χ2v) is 6.05. The Balaban J connectivity index is 1.59. The first-order valence-electron chi connectivity index (χ1n) is 7.87. The van der Waals surface area contributed by atoms with E-state index in [0.29, 0.717) is 5.56 Å². The lowest BCUT2D eigenvalue weighted by molar-refractivity contribution is -0.115. The van der Waals surface area contributed by atoms with Gasteiger partial charge in [-0.1, -0.05) is 6.07 Å². The van der Waals surface area contributed by atoms with Crippen molar-refractivity contribution in [2.75, 3.05) is 5.32 Å². The third kappa shape index (κ3) is 2.56. The van der Waals surface area contributed by atoms with Crippen molar-refractivity contribution in [3.05, 3.63) is 64.9 Å². The average molecular weight is 327 g/mol. The second-order valence-electron chi connectivity index (χ2n) is 6.05. The van der Waals surface area contributed by atoms with Crippen LogP contribution in [0.15, 0.2) is 41.0 Å². The van der Waals surface area contributed by atoms with Crippen molar-refractivity contribution >= 4 is 22.6 Å². The Labute approximate surface area is 137 Å². The zero-order chi connectivity index (χ0) is 16.7. The largest absolute Gasteiger partial charge is 0.464 e. The minimum Gasteiger partial charge on any atom is -0.464 e. The third-order valence-electron chi connectivity index (χ3n) is 4.45. The van der Waals surface area contributed by atoms with Crippen molar-refractivity contribution in [1.82, 2.24) is 0 Å². The fourth-order valence-electron chi connectivity index (χ4n) is 3.26. The van der Waals surface area contributed by atoms with Crippen LogP contribution >= 0.6 is 0 Å². The monoisotopic (exact) mass is 327 g/mol. The van der Waals surface area contributed by atoms with Gasteiger partial charge < -0.3 is 9.73 Å². The Morgan fingerprint density at radius 1 is 1.12 bits per heavy atom. The molecule has 5 heteroatoms. The highest BCUT2D eigenvalue weighted by Gasteiger charge is 2.18. The number of aryl methyl sites for hydroxylation is 2. The normalized spacial score (nSPS) is 13.2. The molecular weight excluding hydrogens is 312 g/mol. The molecule has 0 saturated heterocycles. The summed E-state index contributed by atoms with van der Waals surface area (Å²) in [7, 11) is 0. The minimum absolute atomic E-state index is 0.000436. The van der Waals surface area contributed by atoms with E-state index in [1.165, 1.54) is 23.5 Å². The zero-order valence-corrected chi connectivity index (χ0v) is 12.9. The molecule has 4 rings (SSSR count). The summed E-state index contributed by atoms with van der Waals surface area (Å²) in [6.07, 6.45) is 4.75. The van der Waals surface area contributed by atoms with E-state index in [1.807, 2.05) is 6.07 Å². The van der Waals surface area contributed by atoms with Crippen molar-refractivity contribution in [2.45, 2.75) is 25.7 Å². The SMILES string of the molecule is O=C(Cc1coc2cc3c(cc12)CCC3)Nc1c(F)cccc1F. The number of carbonyl (C=O) groups is 1. The number of anilines is 1. The zero-order valence-electron chi connectivity index (χ0n) is 12.9. The lowest BCUT2D eigenvalue weighted by Gasteiger charge is -2.07. The summed E-state index contributed by atoms with van der Waals surface area (Å²) < 4.78 is 32.8. The first-order chi connectivity index (χ1) is 11.6. The number of para-hydroxylation sites is 1. The van der Waals surface area contributed by atoms with Crippen LogP contribution in [0, 0.1) is 11.6 Å². The van der Waals surface area contributed by atoms with Crippen LogP contribution in [-0.2, 0) is 24.1 Å². The van der Waals surface area contributed by atoms with Gasteiger partial charge in [0.25, 0.3) is 0 Å². The molecule has 0 bridgehead atoms. The molecule has 0 radical (unpaired) electrons. The van der Waals surface area contributed by atoms with Crippen LogP contribution in [-0.4, -0.2) is 5.91 Å². The van der Waals surface area contributed by atoms with E-state index in [0.717, 1.165) is 42.4 Å². The molecule has 0 saturated carbocycles. The summed E-state index contributed by atoms with van der Waals surface area (Å²) in [5.74, 6) is -2.07. The number of hydrogen-bond acceptors (Lipinski definition) is 2. The van der Waals surface area contributed by atoms with E-state index in [1.54, 1.807) is 0 Å². The summed E-state index contributed by atoms with van der Waals surface area (Å²) in [6.45, 7) is 0. The number of fused-ring (bicyclic) bond motifs is 2. The van der Waals surface area contributed by atoms with Gasteiger partial charge >= 0.3 is 0 Å². The van der Waals surface area contributed by atoms with Gasteiger partial charge in [0.2, 0.25) is 5.91 Å². The van der Waals surface area contributed by atoms with Crippen molar-refractivity contribution in [3.8, 4) is 0 Å². The van der Waals surface area contributed by atoms with Crippen LogP contribution in [0.25, 0.3) is 11.0 Å². The summed E-state index contributed by atoms with van der Waals surface area (Å²) in [4.78, 5) is 12.2. The van der Waals surface area contributed by atoms with E-state index in [-0.39, 0.29) is 6.42 Å². The maximum absolute atomic E-state index is 13.6. The van der Waals surface area contributed by atoms with E-state index >= 15 is 0 Å². The molecule has 0 atom stereocenters. The smallest absolute Gasteiger partial charge is 0.229 e. The van der Waals surface area contributed by atoms with Crippen molar-refractivity contribution in [3.63, 3.8) is 0 Å². The Hall–Kier alpha value is -2.69. The van der Waals surface area contributed by atoms with E-state index in [2.05, 4.69) is 11.4 Å². The fraction of sp³-hybridized carbons (Fsp3) is 0.211. The summed E-state index contributed by atoms with van der Waals surface area (Å²) >= 11 is 0. The van der Waals surface area contributed by atoms with Gasteiger partial charge in [-0.3, -0.25) is 4.79 Å². The lowest BCUT2D eigenvalue weighted by atomic mass is 10.0. The molecule has 3 nitrogen and oxygen atoms in total. The summed E-state index contributed by atoms with van der Waals surface area (Å²) in [6, 6.07) is 7.55. The Bertz CT molecular complexity index is 926. The van der Waals surface area contributed by atoms with E-state index < -0.39 is 23.2 Å². The molecule has 2 aromatic carbocycles. The Morgan fingerprint density at radius 2 is 1.83 bits per heavy atom. The molecule has 122 valence electrons. The van der Waals surface area contributed by atoms with Gasteiger partial charge in [0, 0.05) is 10.9 Å². The molecular formula is C19H15F2NO2. The highest BCUT2D eigenvalue weighted by atomic mass is 19.1. The number of halogens is 2. The standard InChI is InChI=1S/C19H15F2NO2/c20-15-5-2-6-16(21)19(15)22-18(23)9-13-10-24-17-8-12-4-1-3-11(12)7-14(13)17/h2,5-8,10H,1,3-4,9H2,(H,22,23). The van der Waals surface area contributed by atoms with Gasteiger partial charge in [0.1, 0.15) is 22.9 Å². The third-order valence-corrected chi connectivity index (χ3v) is 4.45. The number of hydrogen-bond donors (Lipinski definition) is 1. The lowest BCUT2D eigenvalue weighted by Crippen LogP contribution is -2.16. The minimum atomic E-state index is -0.793. The highest BCUT2D eigenvalue weighted by Crippen LogP contribution is 2.30. The van der Waals surface area contributed by atoms with Crippen LogP contribution in [0.1, 0.15) is 23.1 Å². The van der Waals surface area contributed by atoms with Crippen LogP contribution in [0.3, 0.4) is 0 Å². The number of benzene rings is 2. The van der Waals surface area contributed by atoms with E-state index in [4.69, 9.17) is 4.42 Å². The quantitative estimate of drug-likeness (QED) is 0.775. The van der Waals surface area contributed by atoms with Gasteiger partial charge in [-0.05, 0) is 54.7 Å². The number of carbonyl (C=O) groups excluding carboxylic acids is 1. The maximum atomic E-state index is 13.6. The molecule has 1 aromatic heterocycles. The van der Waals surface area contributed by atoms with Crippen LogP contribution in [0.2, 0.25) is 0 Å². The number of furan rings is 1. The second kappa shape index (κ2) is 5.74. The first kappa shape index (κ1) is 14.9. The molecule has 1 amide bonds. The van der Waals surface area contributed by atoms with Gasteiger partial charge in [0.15, 0.2) is 0 Å². The molecule has 0 aliphatic heterocycles. The molecule has 0 spiro atoms. The van der Waals surface area contributed by atoms with Gasteiger partial charge in [-0.2, -0.15) is 0 Å². The van der Waals surface area contributed by atoms with Crippen molar-refractivity contribution in [2.24, 2.45) is 0 Å². The summed E-state index contributed by atoms with van der Waals surface area (Å²) in [5, 5.41) is 3.19. The summed E-state index contributed by atoms with van der Waals surface area (Å²) in [5.41, 5.74) is 3.62. The Kier molecular flexibility index (Phi) is 3.56.